The Bertz CT molecular complexity index is 517. The molecule has 0 saturated carbocycles. The van der Waals surface area contributed by atoms with Gasteiger partial charge < -0.3 is 10.1 Å². The van der Waals surface area contributed by atoms with Gasteiger partial charge in [-0.3, -0.25) is 0 Å². The van der Waals surface area contributed by atoms with Crippen LogP contribution in [0.1, 0.15) is 18.5 Å². The minimum Gasteiger partial charge on any atom is -0.468 e. The molecule has 6 heteroatoms. The van der Waals surface area contributed by atoms with Gasteiger partial charge in [0, 0.05) is 11.8 Å². The fourth-order valence-corrected chi connectivity index (χ4v) is 1.60. The lowest BCUT2D eigenvalue weighted by atomic mass is 10.0. The van der Waals surface area contributed by atoms with E-state index in [1.165, 1.54) is 7.11 Å². The molecule has 0 spiro atoms. The van der Waals surface area contributed by atoms with Gasteiger partial charge in [-0.15, -0.1) is 0 Å². The number of hydrogen-bond donors (Lipinski definition) is 1. The second-order valence-corrected chi connectivity index (χ2v) is 3.73. The molecule has 1 atom stereocenters. The zero-order chi connectivity index (χ0) is 13.3. The lowest BCUT2D eigenvalue weighted by Crippen LogP contribution is -2.32. The Kier molecular flexibility index (Phi) is 3.27. The van der Waals surface area contributed by atoms with E-state index in [1.54, 1.807) is 6.92 Å². The van der Waals surface area contributed by atoms with Crippen LogP contribution in [-0.4, -0.2) is 13.1 Å². The second-order valence-electron chi connectivity index (χ2n) is 3.73. The minimum absolute atomic E-state index is 0.204. The number of amidine groups is 1. The highest BCUT2D eigenvalue weighted by molar-refractivity contribution is 5.76. The lowest BCUT2D eigenvalue weighted by Gasteiger charge is -2.21. The number of ether oxygens (including phenoxy) is 1. The highest BCUT2D eigenvalue weighted by atomic mass is 19.2. The van der Waals surface area contributed by atoms with Crippen LogP contribution < -0.4 is 5.32 Å². The van der Waals surface area contributed by atoms with E-state index in [4.69, 9.17) is 4.74 Å². The number of methoxy groups -OCH3 is 1. The summed E-state index contributed by atoms with van der Waals surface area (Å²) in [7, 11) is 1.41. The van der Waals surface area contributed by atoms with Crippen molar-refractivity contribution in [3.05, 3.63) is 46.9 Å². The molecule has 1 unspecified atom stereocenters. The molecule has 0 aliphatic carbocycles. The molecule has 0 aromatic heterocycles. The van der Waals surface area contributed by atoms with Crippen molar-refractivity contribution in [2.45, 2.75) is 13.0 Å². The topological polar surface area (TPSA) is 33.6 Å². The molecule has 95 valence electrons. The number of aliphatic imine (C=N–C) groups is 1. The monoisotopic (exact) mass is 255 g/mol. The molecule has 0 amide bonds. The summed E-state index contributed by atoms with van der Waals surface area (Å²) in [6, 6.07) is 1.40. The Hall–Kier alpha value is -1.98. The van der Waals surface area contributed by atoms with Crippen LogP contribution in [0, 0.1) is 23.5 Å². The van der Waals surface area contributed by atoms with Gasteiger partial charge in [0.05, 0.1) is 13.2 Å². The zero-order valence-electron chi connectivity index (χ0n) is 9.72. The van der Waals surface area contributed by atoms with Crippen LogP contribution in [0.4, 0.5) is 13.2 Å². The van der Waals surface area contributed by atoms with Crippen molar-refractivity contribution in [2.24, 2.45) is 4.99 Å². The predicted octanol–water partition coefficient (Wildman–Crippen LogP) is 2.46. The van der Waals surface area contributed by atoms with E-state index in [0.29, 0.717) is 5.70 Å². The Balaban J connectivity index is 2.36. The van der Waals surface area contributed by atoms with Crippen LogP contribution in [0.3, 0.4) is 0 Å². The molecular weight excluding hydrogens is 245 g/mol. The van der Waals surface area contributed by atoms with Crippen LogP contribution >= 0.6 is 0 Å². The summed E-state index contributed by atoms with van der Waals surface area (Å²) in [5.41, 5.74) is 0.718. The van der Waals surface area contributed by atoms with E-state index < -0.39 is 23.5 Å². The lowest BCUT2D eigenvalue weighted by molar-refractivity contribution is 0.370. The number of benzene rings is 1. The highest BCUT2D eigenvalue weighted by Crippen LogP contribution is 2.23. The van der Waals surface area contributed by atoms with Crippen molar-refractivity contribution < 1.29 is 17.9 Å². The second kappa shape index (κ2) is 4.72. The van der Waals surface area contributed by atoms with Gasteiger partial charge in [0.1, 0.15) is 0 Å². The minimum atomic E-state index is -1.49. The number of hydrogen-bond acceptors (Lipinski definition) is 3. The molecule has 0 bridgehead atoms. The molecule has 1 heterocycles. The average Bonchev–Trinajstić information content (AvgIpc) is 2.34. The van der Waals surface area contributed by atoms with E-state index in [-0.39, 0.29) is 11.6 Å². The van der Waals surface area contributed by atoms with E-state index in [9.17, 15) is 13.2 Å². The van der Waals surface area contributed by atoms with Crippen molar-refractivity contribution in [1.82, 2.24) is 5.32 Å². The first-order chi connectivity index (χ1) is 8.51. The first-order valence-corrected chi connectivity index (χ1v) is 5.15. The molecule has 1 radical (unpaired) electrons. The average molecular weight is 255 g/mol. The fraction of sp³-hybridized carbons (Fsp3) is 0.250. The summed E-state index contributed by atoms with van der Waals surface area (Å²) >= 11 is 0. The van der Waals surface area contributed by atoms with Crippen molar-refractivity contribution in [1.29, 1.82) is 0 Å². The molecule has 0 saturated heterocycles. The number of nitrogens with one attached hydrogen (secondary N) is 1. The summed E-state index contributed by atoms with van der Waals surface area (Å²) in [6.45, 7) is 1.67. The van der Waals surface area contributed by atoms with Gasteiger partial charge in [-0.25, -0.2) is 18.2 Å². The van der Waals surface area contributed by atoms with E-state index in [0.717, 1.165) is 12.1 Å². The smallest absolute Gasteiger partial charge is 0.290 e. The fourth-order valence-electron chi connectivity index (χ4n) is 1.60. The van der Waals surface area contributed by atoms with Crippen LogP contribution in [0.25, 0.3) is 0 Å². The van der Waals surface area contributed by atoms with Crippen LogP contribution in [0.5, 0.6) is 0 Å². The van der Waals surface area contributed by atoms with Gasteiger partial charge in [0.2, 0.25) is 0 Å². The van der Waals surface area contributed by atoms with Crippen molar-refractivity contribution in [2.75, 3.05) is 7.11 Å². The Morgan fingerprint density at radius 2 is 1.89 bits per heavy atom. The quantitative estimate of drug-likeness (QED) is 0.782. The molecule has 1 aliphatic rings. The zero-order valence-corrected chi connectivity index (χ0v) is 9.72. The molecular formula is C12H10F3N2O. The Labute approximate surface area is 102 Å². The molecule has 3 nitrogen and oxygen atoms in total. The van der Waals surface area contributed by atoms with Gasteiger partial charge >= 0.3 is 0 Å². The number of nitrogens with zero attached hydrogens (tertiary/aromatic N) is 1. The number of allylic oxidation sites excluding steroid dienone is 1. The van der Waals surface area contributed by atoms with Gasteiger partial charge in [-0.2, -0.15) is 0 Å². The molecule has 2 rings (SSSR count). The van der Waals surface area contributed by atoms with Gasteiger partial charge in [-0.1, -0.05) is 0 Å². The molecule has 1 N–H and O–H groups in total. The van der Waals surface area contributed by atoms with Crippen LogP contribution in [-0.2, 0) is 4.74 Å². The Morgan fingerprint density at radius 3 is 2.44 bits per heavy atom. The maximum Gasteiger partial charge on any atom is 0.290 e. The molecule has 1 aromatic carbocycles. The maximum atomic E-state index is 13.1. The van der Waals surface area contributed by atoms with Crippen LogP contribution in [0.2, 0.25) is 0 Å². The summed E-state index contributed by atoms with van der Waals surface area (Å²) in [5, 5.41) is 2.76. The first-order valence-electron chi connectivity index (χ1n) is 5.15. The maximum absolute atomic E-state index is 13.1. The first kappa shape index (κ1) is 12.5. The third-order valence-corrected chi connectivity index (χ3v) is 2.42. The molecule has 0 fully saturated rings. The summed E-state index contributed by atoms with van der Waals surface area (Å²) in [6.07, 6.45) is 2.85. The number of rotatable bonds is 1. The predicted molar refractivity (Wildman–Crippen MR) is 59.1 cm³/mol. The molecule has 1 aromatic rings. The van der Waals surface area contributed by atoms with Crippen LogP contribution in [0.15, 0.2) is 22.8 Å². The van der Waals surface area contributed by atoms with E-state index in [1.807, 2.05) is 0 Å². The standard InChI is InChI=1S/C12H10F3N2O/c1-6-3-10(17-12(16-6)18-2)7-4-8(13)11(15)9(14)5-7/h4-5,10H,1-2H3,(H,16,17). The van der Waals surface area contributed by atoms with Gasteiger partial charge in [0.25, 0.3) is 6.02 Å². The summed E-state index contributed by atoms with van der Waals surface area (Å²) in [5.74, 6) is -3.98. The van der Waals surface area contributed by atoms with Gasteiger partial charge in [-0.05, 0) is 24.6 Å². The van der Waals surface area contributed by atoms with Crippen molar-refractivity contribution in [3.8, 4) is 0 Å². The largest absolute Gasteiger partial charge is 0.468 e. The number of halogens is 3. The highest BCUT2D eigenvalue weighted by Gasteiger charge is 2.20. The van der Waals surface area contributed by atoms with E-state index >= 15 is 0 Å². The Morgan fingerprint density at radius 1 is 1.28 bits per heavy atom. The van der Waals surface area contributed by atoms with Crippen molar-refractivity contribution in [3.63, 3.8) is 0 Å². The third kappa shape index (κ3) is 2.32. The summed E-state index contributed by atoms with van der Waals surface area (Å²) < 4.78 is 44.0. The third-order valence-electron chi connectivity index (χ3n) is 2.42. The SMILES string of the molecule is COC1=NC(C)=[C]C(c2cc(F)c(F)c(F)c2)N1. The normalized spacial score (nSPS) is 18.8. The molecule has 1 aliphatic heterocycles. The van der Waals surface area contributed by atoms with Crippen molar-refractivity contribution >= 4 is 6.02 Å². The molecule has 18 heavy (non-hydrogen) atoms. The van der Waals surface area contributed by atoms with E-state index in [2.05, 4.69) is 16.4 Å². The van der Waals surface area contributed by atoms with Gasteiger partial charge in [0.15, 0.2) is 17.5 Å². The summed E-state index contributed by atoms with van der Waals surface area (Å²) in [4.78, 5) is 3.97.